The molecule has 1 saturated heterocycles. The lowest BCUT2D eigenvalue weighted by Crippen LogP contribution is -2.65. The SMILES string of the molecule is Cn1nnc2cc(C(=O)O[C@@H]3[C@@H]4CCCO[C@H]4C3(C)C)ccc21. The highest BCUT2D eigenvalue weighted by Crippen LogP contribution is 2.53. The standard InChI is InChI=1S/C17H21N3O3/c1-17(2)14-11(5-4-8-22-14)15(17)23-16(21)10-6-7-13-12(9-10)18-19-20(13)3/h6-7,9,11,14-15H,4-5,8H2,1-3H3/t11-,14-,15-/m1/s1. The molecule has 2 aromatic rings. The summed E-state index contributed by atoms with van der Waals surface area (Å²) in [5.41, 5.74) is 1.99. The molecule has 0 spiro atoms. The average molecular weight is 315 g/mol. The Balaban J connectivity index is 1.54. The summed E-state index contributed by atoms with van der Waals surface area (Å²) in [7, 11) is 1.83. The van der Waals surface area contributed by atoms with E-state index < -0.39 is 0 Å². The molecule has 1 aromatic heterocycles. The maximum atomic E-state index is 12.5. The molecule has 6 nitrogen and oxygen atoms in total. The Hall–Kier alpha value is -1.95. The highest BCUT2D eigenvalue weighted by atomic mass is 16.6. The van der Waals surface area contributed by atoms with E-state index in [1.54, 1.807) is 16.8 Å². The molecule has 0 amide bonds. The van der Waals surface area contributed by atoms with E-state index in [1.807, 2.05) is 13.1 Å². The van der Waals surface area contributed by atoms with E-state index in [2.05, 4.69) is 24.2 Å². The first-order valence-corrected chi connectivity index (χ1v) is 8.10. The molecule has 4 rings (SSSR count). The van der Waals surface area contributed by atoms with E-state index in [0.717, 1.165) is 25.0 Å². The normalized spacial score (nSPS) is 28.9. The Labute approximate surface area is 134 Å². The lowest BCUT2D eigenvalue weighted by atomic mass is 9.57. The molecule has 0 unspecified atom stereocenters. The number of hydrogen-bond acceptors (Lipinski definition) is 5. The van der Waals surface area contributed by atoms with Gasteiger partial charge in [-0.1, -0.05) is 19.1 Å². The fourth-order valence-corrected chi connectivity index (χ4v) is 4.07. The van der Waals surface area contributed by atoms with E-state index in [0.29, 0.717) is 17.0 Å². The van der Waals surface area contributed by atoms with Crippen molar-refractivity contribution in [2.45, 2.75) is 38.9 Å². The molecular formula is C17H21N3O3. The molecule has 3 atom stereocenters. The Bertz CT molecular complexity index is 768. The Morgan fingerprint density at radius 3 is 3.09 bits per heavy atom. The van der Waals surface area contributed by atoms with Crippen LogP contribution >= 0.6 is 0 Å². The van der Waals surface area contributed by atoms with Gasteiger partial charge in [0.05, 0.1) is 17.2 Å². The number of aromatic nitrogens is 3. The lowest BCUT2D eigenvalue weighted by Gasteiger charge is -2.58. The van der Waals surface area contributed by atoms with Gasteiger partial charge in [0.15, 0.2) is 0 Å². The molecule has 122 valence electrons. The summed E-state index contributed by atoms with van der Waals surface area (Å²) in [4.78, 5) is 12.5. The molecule has 2 heterocycles. The summed E-state index contributed by atoms with van der Waals surface area (Å²) in [6.45, 7) is 5.04. The van der Waals surface area contributed by atoms with E-state index in [-0.39, 0.29) is 23.6 Å². The number of ether oxygens (including phenoxy) is 2. The zero-order chi connectivity index (χ0) is 16.2. The third-order valence-corrected chi connectivity index (χ3v) is 5.30. The molecule has 0 radical (unpaired) electrons. The minimum atomic E-state index is -0.292. The van der Waals surface area contributed by atoms with Crippen LogP contribution in [0.3, 0.4) is 0 Å². The summed E-state index contributed by atoms with van der Waals surface area (Å²) in [5.74, 6) is 0.0302. The van der Waals surface area contributed by atoms with Gasteiger partial charge >= 0.3 is 5.97 Å². The van der Waals surface area contributed by atoms with Gasteiger partial charge in [0.25, 0.3) is 0 Å². The van der Waals surface area contributed by atoms with Crippen molar-refractivity contribution in [2.75, 3.05) is 6.61 Å². The molecule has 2 fully saturated rings. The van der Waals surface area contributed by atoms with Crippen molar-refractivity contribution in [3.05, 3.63) is 23.8 Å². The largest absolute Gasteiger partial charge is 0.458 e. The number of esters is 1. The zero-order valence-electron chi connectivity index (χ0n) is 13.7. The summed E-state index contributed by atoms with van der Waals surface area (Å²) >= 11 is 0. The number of aryl methyl sites for hydroxylation is 1. The van der Waals surface area contributed by atoms with Crippen LogP contribution in [-0.2, 0) is 16.5 Å². The third kappa shape index (κ3) is 2.16. The number of benzene rings is 1. The first kappa shape index (κ1) is 14.6. The fourth-order valence-electron chi connectivity index (χ4n) is 4.07. The Morgan fingerprint density at radius 2 is 2.26 bits per heavy atom. The fraction of sp³-hybridized carbons (Fsp3) is 0.588. The van der Waals surface area contributed by atoms with Crippen molar-refractivity contribution in [2.24, 2.45) is 18.4 Å². The molecule has 23 heavy (non-hydrogen) atoms. The number of rotatable bonds is 2. The zero-order valence-corrected chi connectivity index (χ0v) is 13.7. The number of fused-ring (bicyclic) bond motifs is 2. The minimum Gasteiger partial charge on any atom is -0.458 e. The number of carbonyl (C=O) groups excluding carboxylic acids is 1. The van der Waals surface area contributed by atoms with Crippen LogP contribution in [0.5, 0.6) is 0 Å². The van der Waals surface area contributed by atoms with Gasteiger partial charge in [0, 0.05) is 25.0 Å². The summed E-state index contributed by atoms with van der Waals surface area (Å²) in [5, 5.41) is 8.01. The molecule has 1 saturated carbocycles. The smallest absolute Gasteiger partial charge is 0.338 e. The second-order valence-electron chi connectivity index (χ2n) is 7.16. The average Bonchev–Trinajstić information content (AvgIpc) is 2.93. The number of nitrogens with zero attached hydrogens (tertiary/aromatic N) is 3. The molecule has 1 aliphatic heterocycles. The quantitative estimate of drug-likeness (QED) is 0.796. The van der Waals surface area contributed by atoms with Crippen molar-refractivity contribution < 1.29 is 14.3 Å². The van der Waals surface area contributed by atoms with Crippen LogP contribution in [0.15, 0.2) is 18.2 Å². The first-order chi connectivity index (χ1) is 11.0. The highest BCUT2D eigenvalue weighted by molar-refractivity contribution is 5.93. The van der Waals surface area contributed by atoms with Gasteiger partial charge in [-0.25, -0.2) is 9.48 Å². The molecule has 6 heteroatoms. The van der Waals surface area contributed by atoms with E-state index in [1.165, 1.54) is 0 Å². The third-order valence-electron chi connectivity index (χ3n) is 5.30. The molecule has 0 N–H and O–H groups in total. The second kappa shape index (κ2) is 5.03. The van der Waals surface area contributed by atoms with E-state index in [4.69, 9.17) is 9.47 Å². The van der Waals surface area contributed by atoms with Crippen LogP contribution in [0, 0.1) is 11.3 Å². The van der Waals surface area contributed by atoms with Gasteiger partial charge in [0.1, 0.15) is 11.6 Å². The van der Waals surface area contributed by atoms with Gasteiger partial charge in [-0.05, 0) is 31.0 Å². The lowest BCUT2D eigenvalue weighted by molar-refractivity contribution is -0.243. The summed E-state index contributed by atoms with van der Waals surface area (Å²) in [6.07, 6.45) is 2.22. The van der Waals surface area contributed by atoms with Crippen LogP contribution in [-0.4, -0.2) is 39.8 Å². The summed E-state index contributed by atoms with van der Waals surface area (Å²) in [6, 6.07) is 5.37. The molecule has 2 aliphatic rings. The van der Waals surface area contributed by atoms with Crippen LogP contribution < -0.4 is 0 Å². The predicted molar refractivity (Wildman–Crippen MR) is 84.0 cm³/mol. The maximum absolute atomic E-state index is 12.5. The maximum Gasteiger partial charge on any atom is 0.338 e. The summed E-state index contributed by atoms with van der Waals surface area (Å²) < 4.78 is 13.4. The Morgan fingerprint density at radius 1 is 1.43 bits per heavy atom. The van der Waals surface area contributed by atoms with Crippen molar-refractivity contribution in [3.63, 3.8) is 0 Å². The van der Waals surface area contributed by atoms with Gasteiger partial charge in [-0.2, -0.15) is 0 Å². The van der Waals surface area contributed by atoms with Gasteiger partial charge in [-0.15, -0.1) is 5.10 Å². The molecule has 0 bridgehead atoms. The van der Waals surface area contributed by atoms with Crippen molar-refractivity contribution in [1.29, 1.82) is 0 Å². The topological polar surface area (TPSA) is 66.2 Å². The Kier molecular flexibility index (Phi) is 3.20. The molecule has 1 aromatic carbocycles. The number of carbonyl (C=O) groups is 1. The molecule has 1 aliphatic carbocycles. The minimum absolute atomic E-state index is 0.0853. The van der Waals surface area contributed by atoms with Gasteiger partial charge < -0.3 is 9.47 Å². The van der Waals surface area contributed by atoms with Crippen LogP contribution in [0.25, 0.3) is 11.0 Å². The van der Waals surface area contributed by atoms with Crippen LogP contribution in [0.1, 0.15) is 37.0 Å². The predicted octanol–water partition coefficient (Wildman–Crippen LogP) is 2.33. The second-order valence-corrected chi connectivity index (χ2v) is 7.16. The first-order valence-electron chi connectivity index (χ1n) is 8.10. The van der Waals surface area contributed by atoms with Crippen LogP contribution in [0.4, 0.5) is 0 Å². The van der Waals surface area contributed by atoms with Crippen molar-refractivity contribution in [3.8, 4) is 0 Å². The van der Waals surface area contributed by atoms with Gasteiger partial charge in [0.2, 0.25) is 0 Å². The van der Waals surface area contributed by atoms with Crippen LogP contribution in [0.2, 0.25) is 0 Å². The van der Waals surface area contributed by atoms with Crippen molar-refractivity contribution >= 4 is 17.0 Å². The number of hydrogen-bond donors (Lipinski definition) is 0. The monoisotopic (exact) mass is 315 g/mol. The highest BCUT2D eigenvalue weighted by Gasteiger charge is 2.60. The van der Waals surface area contributed by atoms with E-state index in [9.17, 15) is 4.79 Å². The van der Waals surface area contributed by atoms with E-state index >= 15 is 0 Å². The van der Waals surface area contributed by atoms with Gasteiger partial charge in [-0.3, -0.25) is 0 Å². The molecular weight excluding hydrogens is 294 g/mol. The van der Waals surface area contributed by atoms with Crippen molar-refractivity contribution in [1.82, 2.24) is 15.0 Å².